The van der Waals surface area contributed by atoms with Crippen molar-refractivity contribution in [2.24, 2.45) is 0 Å². The molecule has 0 aromatic heterocycles. The van der Waals surface area contributed by atoms with Crippen LogP contribution in [0, 0.1) is 0 Å². The van der Waals surface area contributed by atoms with Crippen LogP contribution in [0.15, 0.2) is 0 Å². The van der Waals surface area contributed by atoms with E-state index in [1.807, 2.05) is 0 Å². The summed E-state index contributed by atoms with van der Waals surface area (Å²) in [6, 6.07) is 0. The van der Waals surface area contributed by atoms with Crippen molar-refractivity contribution in [1.82, 2.24) is 4.13 Å². The molecule has 0 saturated heterocycles. The molecule has 0 saturated carbocycles. The Morgan fingerprint density at radius 3 is 0.889 bits per heavy atom. The number of nitrogens with one attached hydrogen (secondary N) is 1. The van der Waals surface area contributed by atoms with Crippen LogP contribution >= 0.6 is 79.8 Å². The third-order valence-corrected chi connectivity index (χ3v) is 5.10. The van der Waals surface area contributed by atoms with Crippen LogP contribution < -0.4 is 4.13 Å². The molecule has 0 fully saturated rings. The van der Waals surface area contributed by atoms with Crippen molar-refractivity contribution in [2.75, 3.05) is 0 Å². The van der Waals surface area contributed by atoms with Crippen LogP contribution in [0.4, 0.5) is 0 Å². The van der Waals surface area contributed by atoms with Crippen LogP contribution in [0.5, 0.6) is 0 Å². The average molecular weight is 292 g/mol. The van der Waals surface area contributed by atoms with Crippen molar-refractivity contribution in [2.45, 2.75) is 0 Å². The molecular formula is HCl6NS2. The first-order chi connectivity index (χ1) is 3.71. The van der Waals surface area contributed by atoms with Gasteiger partial charge in [0.25, 0.3) is 0 Å². The summed E-state index contributed by atoms with van der Waals surface area (Å²) >= 11 is 0. The van der Waals surface area contributed by atoms with Crippen LogP contribution in [0.3, 0.4) is 0 Å². The van der Waals surface area contributed by atoms with E-state index in [-0.39, 0.29) is 0 Å². The topological polar surface area (TPSA) is 12.0 Å². The highest BCUT2D eigenvalue weighted by Gasteiger charge is 2.24. The maximum absolute atomic E-state index is 5.29. The highest BCUT2D eigenvalue weighted by molar-refractivity contribution is 8.88. The second kappa shape index (κ2) is 3.87. The third kappa shape index (κ3) is 10.4. The van der Waals surface area contributed by atoms with Crippen molar-refractivity contribution in [1.29, 1.82) is 0 Å². The highest BCUT2D eigenvalue weighted by Crippen LogP contribution is 2.72. The van der Waals surface area contributed by atoms with Crippen molar-refractivity contribution in [3.8, 4) is 0 Å². The number of rotatable bonds is 2. The van der Waals surface area contributed by atoms with E-state index in [2.05, 4.69) is 4.13 Å². The van der Waals surface area contributed by atoms with Gasteiger partial charge in [-0.15, -0.1) is 0 Å². The summed E-state index contributed by atoms with van der Waals surface area (Å²) < 4.78 is 2.22. The molecule has 0 aliphatic carbocycles. The van der Waals surface area contributed by atoms with E-state index in [0.29, 0.717) is 0 Å². The number of halogens is 6. The van der Waals surface area contributed by atoms with Gasteiger partial charge in [-0.25, -0.2) is 0 Å². The van der Waals surface area contributed by atoms with E-state index in [4.69, 9.17) is 64.1 Å². The normalized spacial score (nSPS) is 17.6. The molecule has 0 heterocycles. The first-order valence-corrected chi connectivity index (χ1v) is 9.56. The lowest BCUT2D eigenvalue weighted by Gasteiger charge is -2.24. The minimum absolute atomic E-state index is 2.22. The van der Waals surface area contributed by atoms with Crippen LogP contribution in [0.1, 0.15) is 0 Å². The predicted octanol–water partition coefficient (Wildman–Crippen LogP) is 4.94. The van der Waals surface area contributed by atoms with Gasteiger partial charge in [0.1, 0.15) is 0 Å². The SMILES string of the molecule is ClS(Cl)(Cl)NS(Cl)(Cl)Cl. The van der Waals surface area contributed by atoms with Crippen LogP contribution in [-0.2, 0) is 0 Å². The Morgan fingerprint density at radius 2 is 0.889 bits per heavy atom. The smallest absolute Gasteiger partial charge is 0.0641 e. The summed E-state index contributed by atoms with van der Waals surface area (Å²) in [7, 11) is 26.8. The molecular weight excluding hydrogens is 291 g/mol. The molecule has 9 heteroatoms. The van der Waals surface area contributed by atoms with Crippen LogP contribution in [-0.4, -0.2) is 0 Å². The molecule has 0 radical (unpaired) electrons. The summed E-state index contributed by atoms with van der Waals surface area (Å²) in [4.78, 5) is 0. The van der Waals surface area contributed by atoms with Gasteiger partial charge in [0.2, 0.25) is 0 Å². The predicted molar refractivity (Wildman–Crippen MR) is 53.4 cm³/mol. The molecule has 0 amide bonds. The minimum atomic E-state index is -2.47. The van der Waals surface area contributed by atoms with Gasteiger partial charge in [-0.2, -0.15) is 4.13 Å². The molecule has 0 bridgehead atoms. The molecule has 0 aromatic carbocycles. The summed E-state index contributed by atoms with van der Waals surface area (Å²) in [6.07, 6.45) is 0. The standard InChI is InChI=1S/Cl6HNS2/c1-8(2,3)7-9(4,5)6/h7H. The molecule has 0 aliphatic rings. The summed E-state index contributed by atoms with van der Waals surface area (Å²) in [5, 5.41) is 0. The lowest BCUT2D eigenvalue weighted by molar-refractivity contribution is 1.78. The van der Waals surface area contributed by atoms with Gasteiger partial charge in [-0.05, 0) is 64.1 Å². The monoisotopic (exact) mass is 289 g/mol. The van der Waals surface area contributed by atoms with Crippen molar-refractivity contribution >= 4 is 79.8 Å². The van der Waals surface area contributed by atoms with Crippen molar-refractivity contribution in [3.63, 3.8) is 0 Å². The molecule has 60 valence electrons. The lowest BCUT2D eigenvalue weighted by atomic mass is 13.9. The third-order valence-electron chi connectivity index (χ3n) is 0.189. The molecule has 0 unspecified atom stereocenters. The maximum Gasteiger partial charge on any atom is 0.0641 e. The Bertz CT molecular complexity index is 76.2. The zero-order valence-electron chi connectivity index (χ0n) is 3.58. The molecule has 9 heavy (non-hydrogen) atoms. The van der Waals surface area contributed by atoms with E-state index >= 15 is 0 Å². The molecule has 1 N–H and O–H groups in total. The lowest BCUT2D eigenvalue weighted by Crippen LogP contribution is -2.00. The fourth-order valence-corrected chi connectivity index (χ4v) is 8.68. The van der Waals surface area contributed by atoms with E-state index in [1.165, 1.54) is 0 Å². The Hall–Kier alpha value is 2.40. The summed E-state index contributed by atoms with van der Waals surface area (Å²) in [5.41, 5.74) is 0. The number of hydrogen-bond donors (Lipinski definition) is 1. The van der Waals surface area contributed by atoms with Gasteiger partial charge >= 0.3 is 0 Å². The van der Waals surface area contributed by atoms with E-state index in [9.17, 15) is 0 Å². The maximum atomic E-state index is 5.29. The van der Waals surface area contributed by atoms with Gasteiger partial charge < -0.3 is 0 Å². The fourth-order valence-electron chi connectivity index (χ4n) is 0.107. The Kier molecular flexibility index (Phi) is 4.91. The zero-order chi connectivity index (χ0) is 7.71. The molecule has 0 atom stereocenters. The largest absolute Gasteiger partial charge is 0.170 e. The molecule has 0 spiro atoms. The fraction of sp³-hybridized carbons (Fsp3) is 0. The van der Waals surface area contributed by atoms with Gasteiger partial charge in [-0.3, -0.25) is 0 Å². The van der Waals surface area contributed by atoms with Gasteiger partial charge in [0.15, 0.2) is 0 Å². The van der Waals surface area contributed by atoms with E-state index < -0.39 is 15.7 Å². The second-order valence-corrected chi connectivity index (χ2v) is 14.4. The van der Waals surface area contributed by atoms with Crippen molar-refractivity contribution < 1.29 is 0 Å². The van der Waals surface area contributed by atoms with Crippen LogP contribution in [0.2, 0.25) is 0 Å². The minimum Gasteiger partial charge on any atom is -0.170 e. The van der Waals surface area contributed by atoms with E-state index in [0.717, 1.165) is 0 Å². The van der Waals surface area contributed by atoms with Gasteiger partial charge in [-0.1, -0.05) is 0 Å². The van der Waals surface area contributed by atoms with E-state index in [1.54, 1.807) is 0 Å². The first-order valence-electron chi connectivity index (χ1n) is 1.33. The molecule has 0 rings (SSSR count). The summed E-state index contributed by atoms with van der Waals surface area (Å²) in [5.74, 6) is 0. The summed E-state index contributed by atoms with van der Waals surface area (Å²) in [6.45, 7) is 0. The van der Waals surface area contributed by atoms with Crippen LogP contribution in [0.25, 0.3) is 0 Å². The van der Waals surface area contributed by atoms with Gasteiger partial charge in [0, 0.05) is 0 Å². The molecule has 1 nitrogen and oxygen atoms in total. The Balaban J connectivity index is 3.75. The van der Waals surface area contributed by atoms with Gasteiger partial charge in [0.05, 0.1) is 15.7 Å². The first kappa shape index (κ1) is 11.4. The zero-order valence-corrected chi connectivity index (χ0v) is 9.75. The molecule has 0 aliphatic heterocycles. The highest BCUT2D eigenvalue weighted by atomic mass is 36.2. The Labute approximate surface area is 83.2 Å². The second-order valence-electron chi connectivity index (χ2n) is 0.896. The molecule has 0 aromatic rings. The quantitative estimate of drug-likeness (QED) is 0.760. The van der Waals surface area contributed by atoms with Crippen molar-refractivity contribution in [3.05, 3.63) is 0 Å². The Morgan fingerprint density at radius 1 is 0.667 bits per heavy atom. The average Bonchev–Trinajstić information content (AvgIpc) is 1.14. The number of hydrogen-bond acceptors (Lipinski definition) is 1.